The third kappa shape index (κ3) is 4.61. The Balaban J connectivity index is 1.25. The summed E-state index contributed by atoms with van der Waals surface area (Å²) in [5.74, 6) is 1.72. The predicted octanol–water partition coefficient (Wildman–Crippen LogP) is 11.9. The number of nitrogens with zero attached hydrogens (tertiary/aromatic N) is 4. The molecule has 0 saturated heterocycles. The summed E-state index contributed by atoms with van der Waals surface area (Å²) in [6, 6.07) is 50.0. The second-order valence-electron chi connectivity index (χ2n) is 12.2. The Morgan fingerprint density at radius 1 is 0.440 bits per heavy atom. The lowest BCUT2D eigenvalue weighted by Crippen LogP contribution is -2.01. The Morgan fingerprint density at radius 3 is 1.96 bits per heavy atom. The number of furan rings is 1. The van der Waals surface area contributed by atoms with Crippen LogP contribution in [-0.4, -0.2) is 19.9 Å². The molecule has 0 saturated carbocycles. The van der Waals surface area contributed by atoms with Gasteiger partial charge >= 0.3 is 0 Å². The van der Waals surface area contributed by atoms with Gasteiger partial charge in [-0.1, -0.05) is 121 Å². The molecule has 0 aliphatic heterocycles. The van der Waals surface area contributed by atoms with Crippen LogP contribution in [0.5, 0.6) is 0 Å². The van der Waals surface area contributed by atoms with Crippen LogP contribution in [0.1, 0.15) is 0 Å². The zero-order valence-electron chi connectivity index (χ0n) is 26.6. The number of para-hydroxylation sites is 1. The molecule has 0 atom stereocenters. The highest BCUT2D eigenvalue weighted by atomic mass is 32.1. The fourth-order valence-corrected chi connectivity index (χ4v) is 8.20. The molecule has 0 aliphatic rings. The summed E-state index contributed by atoms with van der Waals surface area (Å²) in [7, 11) is 0. The van der Waals surface area contributed by atoms with Gasteiger partial charge < -0.3 is 4.42 Å². The first-order valence-corrected chi connectivity index (χ1v) is 17.3. The van der Waals surface area contributed by atoms with Gasteiger partial charge in [0.15, 0.2) is 17.5 Å². The lowest BCUT2D eigenvalue weighted by atomic mass is 9.95. The van der Waals surface area contributed by atoms with Crippen molar-refractivity contribution in [3.8, 4) is 56.4 Å². The van der Waals surface area contributed by atoms with Crippen molar-refractivity contribution < 1.29 is 4.42 Å². The summed E-state index contributed by atoms with van der Waals surface area (Å²) in [6.07, 6.45) is 3.65. The third-order valence-corrected chi connectivity index (χ3v) is 10.5. The quantitative estimate of drug-likeness (QED) is 0.184. The van der Waals surface area contributed by atoms with Crippen LogP contribution in [0.25, 0.3) is 98.5 Å². The molecule has 6 aromatic carbocycles. The number of hydrogen-bond acceptors (Lipinski definition) is 6. The predicted molar refractivity (Wildman–Crippen MR) is 205 cm³/mol. The first kappa shape index (κ1) is 28.5. The molecular formula is C44H26N4OS. The SMILES string of the molecule is c1ccc(-c2nc(-c3ccccc3-c3cccnc3)nc(-c3ccc(-c4cccc5c4sc4ccccc45)c4c3oc3ccccc34)n2)cc1. The maximum absolute atomic E-state index is 6.75. The van der Waals surface area contributed by atoms with E-state index in [9.17, 15) is 0 Å². The van der Waals surface area contributed by atoms with E-state index in [-0.39, 0.29) is 0 Å². The number of hydrogen-bond donors (Lipinski definition) is 0. The van der Waals surface area contributed by atoms with Crippen LogP contribution >= 0.6 is 11.3 Å². The normalized spacial score (nSPS) is 11.6. The van der Waals surface area contributed by atoms with E-state index in [1.807, 2.05) is 78.2 Å². The summed E-state index contributed by atoms with van der Waals surface area (Å²) in [5.41, 5.74) is 8.47. The minimum atomic E-state index is 0.547. The molecule has 0 radical (unpaired) electrons. The first-order chi connectivity index (χ1) is 24.8. The van der Waals surface area contributed by atoms with Crippen molar-refractivity contribution in [1.29, 1.82) is 0 Å². The maximum Gasteiger partial charge on any atom is 0.167 e. The largest absolute Gasteiger partial charge is 0.455 e. The van der Waals surface area contributed by atoms with Crippen LogP contribution in [0.15, 0.2) is 162 Å². The summed E-state index contributed by atoms with van der Waals surface area (Å²) in [5, 5.41) is 4.63. The van der Waals surface area contributed by atoms with Crippen LogP contribution < -0.4 is 0 Å². The van der Waals surface area contributed by atoms with Crippen molar-refractivity contribution in [2.45, 2.75) is 0 Å². The molecule has 0 spiro atoms. The second kappa shape index (κ2) is 11.6. The molecule has 0 N–H and O–H groups in total. The monoisotopic (exact) mass is 658 g/mol. The highest BCUT2D eigenvalue weighted by Crippen LogP contribution is 2.46. The van der Waals surface area contributed by atoms with E-state index in [1.165, 1.54) is 25.7 Å². The molecule has 0 unspecified atom stereocenters. The zero-order chi connectivity index (χ0) is 33.0. The molecule has 6 heteroatoms. The third-order valence-electron chi connectivity index (χ3n) is 9.27. The molecule has 4 heterocycles. The van der Waals surface area contributed by atoms with Crippen molar-refractivity contribution in [1.82, 2.24) is 19.9 Å². The van der Waals surface area contributed by atoms with Crippen LogP contribution in [0.4, 0.5) is 0 Å². The van der Waals surface area contributed by atoms with Crippen molar-refractivity contribution in [3.63, 3.8) is 0 Å². The van der Waals surface area contributed by atoms with Crippen molar-refractivity contribution in [2.75, 3.05) is 0 Å². The molecule has 234 valence electrons. The number of aromatic nitrogens is 4. The van der Waals surface area contributed by atoms with E-state index in [0.717, 1.165) is 55.3 Å². The van der Waals surface area contributed by atoms with Gasteiger partial charge in [0.1, 0.15) is 11.2 Å². The van der Waals surface area contributed by atoms with Gasteiger partial charge in [0.2, 0.25) is 0 Å². The molecule has 4 aromatic heterocycles. The molecular weight excluding hydrogens is 633 g/mol. The van der Waals surface area contributed by atoms with Gasteiger partial charge in [0.25, 0.3) is 0 Å². The summed E-state index contributed by atoms with van der Waals surface area (Å²) in [4.78, 5) is 19.7. The number of pyridine rings is 1. The number of fused-ring (bicyclic) bond motifs is 6. The van der Waals surface area contributed by atoms with Crippen molar-refractivity contribution in [3.05, 3.63) is 158 Å². The minimum Gasteiger partial charge on any atom is -0.455 e. The van der Waals surface area contributed by atoms with Crippen LogP contribution in [0.3, 0.4) is 0 Å². The summed E-state index contributed by atoms with van der Waals surface area (Å²) >= 11 is 1.83. The highest BCUT2D eigenvalue weighted by Gasteiger charge is 2.22. The van der Waals surface area contributed by atoms with E-state index in [4.69, 9.17) is 19.4 Å². The lowest BCUT2D eigenvalue weighted by molar-refractivity contribution is 0.669. The maximum atomic E-state index is 6.75. The lowest BCUT2D eigenvalue weighted by Gasteiger charge is -2.13. The van der Waals surface area contributed by atoms with Crippen molar-refractivity contribution in [2.24, 2.45) is 0 Å². The fraction of sp³-hybridized carbons (Fsp3) is 0. The number of thiophene rings is 1. The van der Waals surface area contributed by atoms with Crippen molar-refractivity contribution >= 4 is 53.4 Å². The van der Waals surface area contributed by atoms with Gasteiger partial charge in [0.05, 0.1) is 5.56 Å². The fourth-order valence-electron chi connectivity index (χ4n) is 6.97. The average Bonchev–Trinajstić information content (AvgIpc) is 3.77. The van der Waals surface area contributed by atoms with E-state index in [0.29, 0.717) is 17.5 Å². The van der Waals surface area contributed by atoms with Gasteiger partial charge in [-0.3, -0.25) is 4.98 Å². The summed E-state index contributed by atoms with van der Waals surface area (Å²) < 4.78 is 9.28. The topological polar surface area (TPSA) is 64.7 Å². The second-order valence-corrected chi connectivity index (χ2v) is 13.3. The molecule has 0 fully saturated rings. The Kier molecular flexibility index (Phi) is 6.60. The van der Waals surface area contributed by atoms with Gasteiger partial charge in [-0.25, -0.2) is 15.0 Å². The van der Waals surface area contributed by atoms with E-state index >= 15 is 0 Å². The van der Waals surface area contributed by atoms with Gasteiger partial charge in [-0.15, -0.1) is 11.3 Å². The van der Waals surface area contributed by atoms with Gasteiger partial charge in [-0.05, 0) is 35.4 Å². The Labute approximate surface area is 291 Å². The average molecular weight is 659 g/mol. The zero-order valence-corrected chi connectivity index (χ0v) is 27.4. The first-order valence-electron chi connectivity index (χ1n) is 16.5. The smallest absolute Gasteiger partial charge is 0.167 e. The van der Waals surface area contributed by atoms with Gasteiger partial charge in [0, 0.05) is 65.6 Å². The van der Waals surface area contributed by atoms with E-state index < -0.39 is 0 Å². The number of benzene rings is 6. The van der Waals surface area contributed by atoms with Crippen LogP contribution in [0, 0.1) is 0 Å². The Bertz CT molecular complexity index is 2880. The molecule has 0 bridgehead atoms. The van der Waals surface area contributed by atoms with Crippen LogP contribution in [0.2, 0.25) is 0 Å². The molecule has 0 amide bonds. The molecule has 50 heavy (non-hydrogen) atoms. The minimum absolute atomic E-state index is 0.547. The van der Waals surface area contributed by atoms with E-state index in [1.54, 1.807) is 6.20 Å². The Morgan fingerprint density at radius 2 is 1.10 bits per heavy atom. The standard InChI is InChI=1S/C44H26N4OS/c1-2-12-27(13-3-1)42-46-43(34-17-5-4-15-29(34)28-14-11-25-45-26-28)48-44(47-42)36-24-23-31(39-35-18-6-8-21-37(35)49-40(36)39)33-20-10-19-32-30-16-7-9-22-38(30)50-41(32)33/h1-26H. The highest BCUT2D eigenvalue weighted by molar-refractivity contribution is 7.26. The molecule has 10 rings (SSSR count). The molecule has 10 aromatic rings. The summed E-state index contributed by atoms with van der Waals surface area (Å²) in [6.45, 7) is 0. The van der Waals surface area contributed by atoms with E-state index in [2.05, 4.69) is 89.9 Å². The van der Waals surface area contributed by atoms with Gasteiger partial charge in [-0.2, -0.15) is 0 Å². The number of rotatable bonds is 5. The molecule has 5 nitrogen and oxygen atoms in total. The molecule has 0 aliphatic carbocycles. The van der Waals surface area contributed by atoms with Crippen LogP contribution in [-0.2, 0) is 0 Å². The Hall–Kier alpha value is -6.50.